The van der Waals surface area contributed by atoms with Crippen molar-refractivity contribution >= 4 is 5.91 Å². The van der Waals surface area contributed by atoms with Crippen LogP contribution in [0.25, 0.3) is 0 Å². The molecule has 0 spiro atoms. The molecule has 3 heterocycles. The number of ether oxygens (including phenoxy) is 6. The fourth-order valence-electron chi connectivity index (χ4n) is 13.1. The highest BCUT2D eigenvalue weighted by Crippen LogP contribution is 2.33. The molecule has 0 aromatic rings. The summed E-state index contributed by atoms with van der Waals surface area (Å²) in [6.45, 7) is 1.62. The molecule has 0 bridgehead atoms. The van der Waals surface area contributed by atoms with Crippen molar-refractivity contribution in [3.63, 3.8) is 0 Å². The van der Waals surface area contributed by atoms with E-state index in [-0.39, 0.29) is 18.9 Å². The van der Waals surface area contributed by atoms with Gasteiger partial charge in [-0.25, -0.2) is 0 Å². The van der Waals surface area contributed by atoms with Gasteiger partial charge in [-0.05, 0) is 89.9 Å². The minimum atomic E-state index is -1.99. The number of carbonyl (C=O) groups excluding carboxylic acids is 1. The van der Waals surface area contributed by atoms with Crippen LogP contribution >= 0.6 is 0 Å². The minimum Gasteiger partial charge on any atom is -0.394 e. The molecule has 0 radical (unpaired) electrons. The zero-order valence-electron chi connectivity index (χ0n) is 63.5. The van der Waals surface area contributed by atoms with E-state index in [4.69, 9.17) is 28.4 Å². The third kappa shape index (κ3) is 43.3. The van der Waals surface area contributed by atoms with Crippen LogP contribution in [0.1, 0.15) is 284 Å². The van der Waals surface area contributed by atoms with Crippen LogP contribution in [0.4, 0.5) is 0 Å². The second kappa shape index (κ2) is 63.4. The molecule has 17 unspecified atom stereocenters. The average Bonchev–Trinajstić information content (AvgIpc) is 0.781. The van der Waals surface area contributed by atoms with Crippen LogP contribution in [0.15, 0.2) is 109 Å². The molecule has 12 N–H and O–H groups in total. The summed E-state index contributed by atoms with van der Waals surface area (Å²) < 4.78 is 34.4. The summed E-state index contributed by atoms with van der Waals surface area (Å²) in [5, 5.41) is 121. The first kappa shape index (κ1) is 93.7. The Bertz CT molecular complexity index is 2290. The quantitative estimate of drug-likeness (QED) is 0.0199. The predicted molar refractivity (Wildman–Crippen MR) is 410 cm³/mol. The lowest BCUT2D eigenvalue weighted by atomic mass is 9.96. The lowest BCUT2D eigenvalue weighted by molar-refractivity contribution is -0.379. The van der Waals surface area contributed by atoms with Crippen LogP contribution in [0.5, 0.6) is 0 Å². The molecule has 3 fully saturated rings. The maximum atomic E-state index is 13.5. The number of aliphatic hydroxyl groups is 11. The molecular weight excluding hydrogens is 1310 g/mol. The molecule has 19 nitrogen and oxygen atoms in total. The Labute approximate surface area is 621 Å². The van der Waals surface area contributed by atoms with E-state index in [9.17, 15) is 61.0 Å². The number of hydrogen-bond donors (Lipinski definition) is 12. The topological polar surface area (TPSA) is 307 Å². The molecule has 0 aromatic heterocycles. The number of rotatable bonds is 63. The number of allylic oxidation sites excluding steroid dienone is 17. The first-order valence-electron chi connectivity index (χ1n) is 40.6. The first-order chi connectivity index (χ1) is 50.3. The van der Waals surface area contributed by atoms with Crippen LogP contribution in [0.2, 0.25) is 0 Å². The zero-order valence-corrected chi connectivity index (χ0v) is 63.5. The van der Waals surface area contributed by atoms with E-state index in [0.717, 1.165) is 96.3 Å². The monoisotopic (exact) mass is 1460 g/mol. The molecule has 1 amide bonds. The Morgan fingerprint density at radius 3 is 1.09 bits per heavy atom. The van der Waals surface area contributed by atoms with Gasteiger partial charge in [0.25, 0.3) is 0 Å². The highest BCUT2D eigenvalue weighted by molar-refractivity contribution is 5.76. The van der Waals surface area contributed by atoms with Crippen molar-refractivity contribution in [1.29, 1.82) is 0 Å². The number of amides is 1. The van der Waals surface area contributed by atoms with Crippen molar-refractivity contribution < 1.29 is 89.4 Å². The molecule has 0 aromatic carbocycles. The van der Waals surface area contributed by atoms with Gasteiger partial charge in [0.1, 0.15) is 73.2 Å². The van der Waals surface area contributed by atoms with Crippen molar-refractivity contribution in [2.45, 2.75) is 388 Å². The van der Waals surface area contributed by atoms with E-state index in [1.807, 2.05) is 6.08 Å². The fraction of sp³-hybridized carbons (Fsp3) is 0.774. The van der Waals surface area contributed by atoms with Crippen molar-refractivity contribution in [1.82, 2.24) is 5.32 Å². The molecule has 3 saturated heterocycles. The van der Waals surface area contributed by atoms with Gasteiger partial charge >= 0.3 is 0 Å². The Morgan fingerprint density at radius 2 is 0.680 bits per heavy atom. The molecule has 594 valence electrons. The van der Waals surface area contributed by atoms with Crippen molar-refractivity contribution in [2.24, 2.45) is 0 Å². The third-order valence-corrected chi connectivity index (χ3v) is 19.6. The van der Waals surface area contributed by atoms with Gasteiger partial charge in [0.05, 0.1) is 38.6 Å². The number of aliphatic hydroxyl groups excluding tert-OH is 11. The van der Waals surface area contributed by atoms with E-state index in [1.54, 1.807) is 6.08 Å². The Morgan fingerprint density at radius 1 is 0.359 bits per heavy atom. The molecule has 3 rings (SSSR count). The summed E-state index contributed by atoms with van der Waals surface area (Å²) in [5.74, 6) is -0.288. The Hall–Kier alpha value is -3.55. The second-order valence-electron chi connectivity index (χ2n) is 28.5. The van der Waals surface area contributed by atoms with Crippen molar-refractivity contribution in [3.05, 3.63) is 109 Å². The standard InChI is InChI=1S/C84H145NO18/c1-3-5-7-9-11-13-15-17-19-21-23-25-27-28-29-30-31-32-33-34-35-36-37-38-40-42-44-46-48-50-52-54-56-58-60-62-72(90)85-67(68(89)61-59-57-55-53-51-49-47-45-43-41-39-26-24-22-20-18-16-14-12-10-8-6-4-2)66-98-82-78(96)75(93)80(70(64-87)100-82)103-84-79(97)76(94)81(71(65-88)101-84)102-83-77(95)74(92)73(91)69(63-86)99-83/h5,7,11,13,17,19,23,25,28-29,31-32,34-35,51,53,59,61,67-71,73-84,86-89,91-97H,3-4,6,8-10,12,14-16,18,20-22,24,26-27,30,33,36-50,52,54-58,60,62-66H2,1-2H3,(H,85,90)/b7-5-,13-11-,19-17-,25-23-,29-28-,32-31-,35-34-,53-51+,61-59+. The predicted octanol–water partition coefficient (Wildman–Crippen LogP) is 13.7. The average molecular weight is 1460 g/mol. The van der Waals surface area contributed by atoms with Crippen LogP contribution in [0, 0.1) is 0 Å². The maximum Gasteiger partial charge on any atom is 0.220 e. The van der Waals surface area contributed by atoms with Crippen LogP contribution in [-0.2, 0) is 33.2 Å². The fourth-order valence-corrected chi connectivity index (χ4v) is 13.1. The van der Waals surface area contributed by atoms with Crippen molar-refractivity contribution in [2.75, 3.05) is 26.4 Å². The van der Waals surface area contributed by atoms with Gasteiger partial charge in [-0.2, -0.15) is 0 Å². The van der Waals surface area contributed by atoms with Crippen molar-refractivity contribution in [3.8, 4) is 0 Å². The highest BCUT2D eigenvalue weighted by atomic mass is 16.8. The van der Waals surface area contributed by atoms with Gasteiger partial charge in [-0.1, -0.05) is 297 Å². The first-order valence-corrected chi connectivity index (χ1v) is 40.6. The molecule has 17 atom stereocenters. The summed E-state index contributed by atoms with van der Waals surface area (Å²) >= 11 is 0. The number of unbranched alkanes of at least 4 members (excludes halogenated alkanes) is 31. The third-order valence-electron chi connectivity index (χ3n) is 19.6. The van der Waals surface area contributed by atoms with Crippen LogP contribution in [0.3, 0.4) is 0 Å². The number of carbonyl (C=O) groups is 1. The molecule has 0 aliphatic carbocycles. The molecule has 3 aliphatic heterocycles. The SMILES string of the molecule is CC/C=C\C/C=C\C/C=C\C/C=C\C/C=C\C/C=C\C/C=C\CCCCCCCCCCCCCCCC(=O)NC(COC1OC(CO)C(OC2OC(CO)C(OC3OC(CO)C(O)C(O)C3O)C(O)C2O)C(O)C1O)C(O)/C=C/CC/C=C/CCCCCCCCCCCCCCCCCCC. The van der Waals surface area contributed by atoms with E-state index < -0.39 is 124 Å². The van der Waals surface area contributed by atoms with Gasteiger partial charge in [0.15, 0.2) is 18.9 Å². The molecular formula is C84H145NO18. The summed E-state index contributed by atoms with van der Waals surface area (Å²) in [5.41, 5.74) is 0. The summed E-state index contributed by atoms with van der Waals surface area (Å²) in [7, 11) is 0. The smallest absolute Gasteiger partial charge is 0.220 e. The largest absolute Gasteiger partial charge is 0.394 e. The van der Waals surface area contributed by atoms with Gasteiger partial charge in [-0.3, -0.25) is 4.79 Å². The van der Waals surface area contributed by atoms with E-state index in [0.29, 0.717) is 12.8 Å². The van der Waals surface area contributed by atoms with E-state index >= 15 is 0 Å². The van der Waals surface area contributed by atoms with Gasteiger partial charge in [-0.15, -0.1) is 0 Å². The summed E-state index contributed by atoms with van der Waals surface area (Å²) in [4.78, 5) is 13.5. The van der Waals surface area contributed by atoms with E-state index in [2.05, 4.69) is 116 Å². The van der Waals surface area contributed by atoms with Crippen LogP contribution in [-0.4, -0.2) is 193 Å². The van der Waals surface area contributed by atoms with Crippen LogP contribution < -0.4 is 5.32 Å². The normalized spacial score (nSPS) is 26.6. The number of hydrogen-bond acceptors (Lipinski definition) is 18. The Balaban J connectivity index is 1.37. The van der Waals surface area contributed by atoms with Gasteiger partial charge in [0.2, 0.25) is 5.91 Å². The Kier molecular flexibility index (Phi) is 57.6. The van der Waals surface area contributed by atoms with E-state index in [1.165, 1.54) is 154 Å². The molecule has 103 heavy (non-hydrogen) atoms. The van der Waals surface area contributed by atoms with Gasteiger partial charge < -0.3 is 89.9 Å². The number of nitrogens with one attached hydrogen (secondary N) is 1. The lowest BCUT2D eigenvalue weighted by Gasteiger charge is -2.48. The minimum absolute atomic E-state index is 0.228. The summed E-state index contributed by atoms with van der Waals surface area (Å²) in [6.07, 6.45) is 60.7. The molecule has 0 saturated carbocycles. The molecule has 3 aliphatic rings. The zero-order chi connectivity index (χ0) is 74.6. The second-order valence-corrected chi connectivity index (χ2v) is 28.5. The summed E-state index contributed by atoms with van der Waals surface area (Å²) in [6, 6.07) is -0.999. The maximum absolute atomic E-state index is 13.5. The highest BCUT2D eigenvalue weighted by Gasteiger charge is 2.54. The molecule has 19 heteroatoms. The lowest BCUT2D eigenvalue weighted by Crippen LogP contribution is -2.66. The van der Waals surface area contributed by atoms with Gasteiger partial charge in [0, 0.05) is 6.42 Å².